The van der Waals surface area contributed by atoms with Gasteiger partial charge in [-0.2, -0.15) is 0 Å². The quantitative estimate of drug-likeness (QED) is 0.543. The van der Waals surface area contributed by atoms with Crippen molar-refractivity contribution < 1.29 is 4.74 Å². The maximum absolute atomic E-state index is 5.26. The van der Waals surface area contributed by atoms with Crippen LogP contribution < -0.4 is 0 Å². The van der Waals surface area contributed by atoms with Crippen molar-refractivity contribution in [2.75, 3.05) is 6.61 Å². The van der Waals surface area contributed by atoms with E-state index in [1.165, 1.54) is 0 Å². The first-order valence-corrected chi connectivity index (χ1v) is 3.67. The fourth-order valence-electron chi connectivity index (χ4n) is 1.04. The molecule has 0 aliphatic heterocycles. The molecule has 11 heavy (non-hydrogen) atoms. The van der Waals surface area contributed by atoms with Crippen molar-refractivity contribution in [2.45, 2.75) is 12.8 Å². The van der Waals surface area contributed by atoms with Crippen molar-refractivity contribution in [2.24, 2.45) is 0 Å². The van der Waals surface area contributed by atoms with E-state index < -0.39 is 0 Å². The summed E-state index contributed by atoms with van der Waals surface area (Å²) >= 11 is 0. The lowest BCUT2D eigenvalue weighted by molar-refractivity contribution is 0.232. The lowest BCUT2D eigenvalue weighted by Gasteiger charge is -2.12. The Morgan fingerprint density at radius 1 is 1.73 bits per heavy atom. The molecule has 1 aliphatic rings. The maximum Gasteiger partial charge on any atom is 0.112 e. The van der Waals surface area contributed by atoms with Crippen molar-refractivity contribution in [1.82, 2.24) is 0 Å². The van der Waals surface area contributed by atoms with Gasteiger partial charge in [-0.3, -0.25) is 0 Å². The Hall–Kier alpha value is -1.16. The van der Waals surface area contributed by atoms with E-state index >= 15 is 0 Å². The Labute approximate surface area is 67.8 Å². The van der Waals surface area contributed by atoms with Gasteiger partial charge in [0.05, 0.1) is 12.2 Å². The molecule has 0 N–H and O–H groups in total. The van der Waals surface area contributed by atoms with Crippen LogP contribution in [0.3, 0.4) is 0 Å². The first-order valence-electron chi connectivity index (χ1n) is 3.67. The van der Waals surface area contributed by atoms with Gasteiger partial charge in [-0.1, -0.05) is 12.0 Å². The van der Waals surface area contributed by atoms with Crippen LogP contribution in [0, 0.1) is 19.3 Å². The smallest absolute Gasteiger partial charge is 0.112 e. The molecule has 0 atom stereocenters. The zero-order valence-corrected chi connectivity index (χ0v) is 6.47. The average Bonchev–Trinajstić information content (AvgIpc) is 2.06. The second kappa shape index (κ2) is 3.88. The molecule has 0 amide bonds. The van der Waals surface area contributed by atoms with Crippen LogP contribution >= 0.6 is 0 Å². The lowest BCUT2D eigenvalue weighted by atomic mass is 10.1. The van der Waals surface area contributed by atoms with Crippen LogP contribution in [0.25, 0.3) is 0 Å². The SMILES string of the molecule is C#CC1=C(OC[CH2])CCC=C1. The Kier molecular flexibility index (Phi) is 2.80. The normalized spacial score (nSPS) is 16.4. The Bertz CT molecular complexity index is 228. The molecule has 0 heterocycles. The Morgan fingerprint density at radius 3 is 3.18 bits per heavy atom. The van der Waals surface area contributed by atoms with Gasteiger partial charge in [-0.15, -0.1) is 6.42 Å². The average molecular weight is 147 g/mol. The van der Waals surface area contributed by atoms with E-state index in [-0.39, 0.29) is 0 Å². The van der Waals surface area contributed by atoms with Gasteiger partial charge in [-0.25, -0.2) is 0 Å². The third kappa shape index (κ3) is 1.88. The highest BCUT2D eigenvalue weighted by molar-refractivity contribution is 5.40. The molecule has 1 aliphatic carbocycles. The summed E-state index contributed by atoms with van der Waals surface area (Å²) in [6.07, 6.45) is 11.2. The summed E-state index contributed by atoms with van der Waals surface area (Å²) in [5, 5.41) is 0. The minimum atomic E-state index is 0.453. The Morgan fingerprint density at radius 2 is 2.55 bits per heavy atom. The van der Waals surface area contributed by atoms with Crippen LogP contribution in [-0.4, -0.2) is 6.61 Å². The molecule has 1 rings (SSSR count). The van der Waals surface area contributed by atoms with E-state index in [1.807, 2.05) is 6.08 Å². The van der Waals surface area contributed by atoms with Crippen molar-refractivity contribution in [3.05, 3.63) is 30.4 Å². The van der Waals surface area contributed by atoms with Gasteiger partial charge >= 0.3 is 0 Å². The van der Waals surface area contributed by atoms with Gasteiger partial charge in [0.2, 0.25) is 0 Å². The summed E-state index contributed by atoms with van der Waals surface area (Å²) in [5.41, 5.74) is 0.861. The van der Waals surface area contributed by atoms with Crippen LogP contribution in [0.15, 0.2) is 23.5 Å². The molecule has 0 spiro atoms. The molecule has 0 fully saturated rings. The van der Waals surface area contributed by atoms with E-state index in [2.05, 4.69) is 18.9 Å². The van der Waals surface area contributed by atoms with Gasteiger partial charge in [0.15, 0.2) is 0 Å². The summed E-state index contributed by atoms with van der Waals surface area (Å²) < 4.78 is 5.26. The number of allylic oxidation sites excluding steroid dienone is 4. The second-order valence-electron chi connectivity index (χ2n) is 2.27. The van der Waals surface area contributed by atoms with Crippen molar-refractivity contribution in [1.29, 1.82) is 0 Å². The highest BCUT2D eigenvalue weighted by atomic mass is 16.5. The molecule has 1 nitrogen and oxygen atoms in total. The van der Waals surface area contributed by atoms with Gasteiger partial charge in [0.1, 0.15) is 5.76 Å². The summed E-state index contributed by atoms with van der Waals surface area (Å²) in [4.78, 5) is 0. The largest absolute Gasteiger partial charge is 0.497 e. The van der Waals surface area contributed by atoms with Gasteiger partial charge < -0.3 is 4.74 Å². The highest BCUT2D eigenvalue weighted by Gasteiger charge is 2.05. The molecule has 1 heteroatoms. The molecule has 0 unspecified atom stereocenters. The van der Waals surface area contributed by atoms with Crippen molar-refractivity contribution in [3.8, 4) is 12.3 Å². The summed E-state index contributed by atoms with van der Waals surface area (Å²) in [6, 6.07) is 0. The molecular weight excluding hydrogens is 136 g/mol. The summed E-state index contributed by atoms with van der Waals surface area (Å²) in [7, 11) is 0. The molecule has 0 aromatic heterocycles. The minimum Gasteiger partial charge on any atom is -0.497 e. The van der Waals surface area contributed by atoms with E-state index in [0.717, 1.165) is 24.2 Å². The molecule has 0 bridgehead atoms. The maximum atomic E-state index is 5.26. The van der Waals surface area contributed by atoms with Crippen molar-refractivity contribution in [3.63, 3.8) is 0 Å². The molecule has 0 saturated heterocycles. The van der Waals surface area contributed by atoms with Crippen LogP contribution in [-0.2, 0) is 4.74 Å². The van der Waals surface area contributed by atoms with E-state index in [9.17, 15) is 0 Å². The van der Waals surface area contributed by atoms with Crippen LogP contribution in [0.5, 0.6) is 0 Å². The fourth-order valence-corrected chi connectivity index (χ4v) is 1.04. The predicted octanol–water partition coefficient (Wildman–Crippen LogP) is 2.07. The third-order valence-corrected chi connectivity index (χ3v) is 1.55. The van der Waals surface area contributed by atoms with Crippen molar-refractivity contribution >= 4 is 0 Å². The van der Waals surface area contributed by atoms with Gasteiger partial charge in [-0.05, 0) is 19.4 Å². The molecule has 0 aromatic rings. The fraction of sp³-hybridized carbons (Fsp3) is 0.300. The van der Waals surface area contributed by atoms with E-state index in [1.54, 1.807) is 0 Å². The van der Waals surface area contributed by atoms with Crippen LogP contribution in [0.4, 0.5) is 0 Å². The third-order valence-electron chi connectivity index (χ3n) is 1.55. The standard InChI is InChI=1S/C10H11O/c1-3-9-7-5-6-8-10(9)11-4-2/h1,5,7H,2,4,6,8H2. The van der Waals surface area contributed by atoms with E-state index in [4.69, 9.17) is 11.2 Å². The topological polar surface area (TPSA) is 9.23 Å². The molecular formula is C10H11O. The number of terminal acetylenes is 1. The molecule has 57 valence electrons. The summed E-state index contributed by atoms with van der Waals surface area (Å²) in [5.74, 6) is 3.49. The molecule has 0 aromatic carbocycles. The lowest BCUT2D eigenvalue weighted by Crippen LogP contribution is -1.98. The number of hydrogen-bond acceptors (Lipinski definition) is 1. The zero-order chi connectivity index (χ0) is 8.10. The van der Waals surface area contributed by atoms with Crippen LogP contribution in [0.1, 0.15) is 12.8 Å². The minimum absolute atomic E-state index is 0.453. The highest BCUT2D eigenvalue weighted by Crippen LogP contribution is 2.18. The Balaban J connectivity index is 2.76. The first-order chi connectivity index (χ1) is 5.38. The number of ether oxygens (including phenoxy) is 1. The zero-order valence-electron chi connectivity index (χ0n) is 6.47. The number of rotatable bonds is 2. The van der Waals surface area contributed by atoms with Gasteiger partial charge in [0.25, 0.3) is 0 Å². The molecule has 1 radical (unpaired) electrons. The van der Waals surface area contributed by atoms with Gasteiger partial charge in [0, 0.05) is 6.42 Å². The summed E-state index contributed by atoms with van der Waals surface area (Å²) in [6.45, 7) is 4.05. The molecule has 0 saturated carbocycles. The predicted molar refractivity (Wildman–Crippen MR) is 45.5 cm³/mol. The number of hydrogen-bond donors (Lipinski definition) is 0. The first kappa shape index (κ1) is 7.94. The second-order valence-corrected chi connectivity index (χ2v) is 2.27. The van der Waals surface area contributed by atoms with Crippen LogP contribution in [0.2, 0.25) is 0 Å². The van der Waals surface area contributed by atoms with E-state index in [0.29, 0.717) is 6.61 Å². The monoisotopic (exact) mass is 147 g/mol.